The highest BCUT2D eigenvalue weighted by Gasteiger charge is 2.26. The summed E-state index contributed by atoms with van der Waals surface area (Å²) in [5, 5.41) is 12.5. The number of hydrogen-bond acceptors (Lipinski definition) is 2. The van der Waals surface area contributed by atoms with Crippen LogP contribution in [0.4, 0.5) is 4.39 Å². The summed E-state index contributed by atoms with van der Waals surface area (Å²) in [6.07, 6.45) is 4.76. The van der Waals surface area contributed by atoms with Gasteiger partial charge in [-0.05, 0) is 54.9 Å². The first kappa shape index (κ1) is 14.0. The third-order valence-corrected chi connectivity index (χ3v) is 4.11. The Balaban J connectivity index is 1.93. The van der Waals surface area contributed by atoms with Gasteiger partial charge < -0.3 is 5.32 Å². The summed E-state index contributed by atoms with van der Waals surface area (Å²) in [6.45, 7) is 5.19. The van der Waals surface area contributed by atoms with Gasteiger partial charge in [-0.3, -0.25) is 0 Å². The lowest BCUT2D eigenvalue weighted by Crippen LogP contribution is -2.35. The molecule has 1 saturated carbocycles. The van der Waals surface area contributed by atoms with Gasteiger partial charge in [0, 0.05) is 12.6 Å². The number of benzene rings is 1. The fourth-order valence-corrected chi connectivity index (χ4v) is 2.68. The second-order valence-electron chi connectivity index (χ2n) is 6.23. The summed E-state index contributed by atoms with van der Waals surface area (Å²) in [7, 11) is 0. The van der Waals surface area contributed by atoms with Crippen LogP contribution in [-0.4, -0.2) is 6.04 Å². The molecule has 1 fully saturated rings. The first-order valence-electron chi connectivity index (χ1n) is 6.92. The van der Waals surface area contributed by atoms with Crippen LogP contribution in [0.25, 0.3) is 0 Å². The number of hydrogen-bond donors (Lipinski definition) is 1. The average Bonchev–Trinajstić information content (AvgIpc) is 2.38. The lowest BCUT2D eigenvalue weighted by molar-refractivity contribution is 0.206. The van der Waals surface area contributed by atoms with Crippen LogP contribution in [0.5, 0.6) is 0 Å². The Kier molecular flexibility index (Phi) is 4.21. The Morgan fingerprint density at radius 1 is 1.37 bits per heavy atom. The highest BCUT2D eigenvalue weighted by Crippen LogP contribution is 2.35. The average molecular weight is 260 g/mol. The van der Waals surface area contributed by atoms with Gasteiger partial charge in [0.05, 0.1) is 11.6 Å². The second kappa shape index (κ2) is 5.71. The zero-order valence-electron chi connectivity index (χ0n) is 11.7. The van der Waals surface area contributed by atoms with Crippen LogP contribution < -0.4 is 5.32 Å². The lowest BCUT2D eigenvalue weighted by Gasteiger charge is -2.34. The molecule has 1 aromatic rings. The van der Waals surface area contributed by atoms with E-state index in [4.69, 9.17) is 5.26 Å². The van der Waals surface area contributed by atoms with E-state index in [1.54, 1.807) is 6.07 Å². The summed E-state index contributed by atoms with van der Waals surface area (Å²) in [6, 6.07) is 6.95. The van der Waals surface area contributed by atoms with Crippen LogP contribution in [0.1, 0.15) is 50.7 Å². The first-order chi connectivity index (χ1) is 9.00. The van der Waals surface area contributed by atoms with E-state index in [1.807, 2.05) is 0 Å². The molecule has 0 atom stereocenters. The molecule has 0 aromatic heterocycles. The number of nitriles is 1. The van der Waals surface area contributed by atoms with E-state index in [-0.39, 0.29) is 5.82 Å². The van der Waals surface area contributed by atoms with E-state index in [9.17, 15) is 4.39 Å². The minimum Gasteiger partial charge on any atom is -0.310 e. The second-order valence-corrected chi connectivity index (χ2v) is 6.23. The number of rotatable bonds is 3. The normalized spacial score (nSPS) is 19.1. The van der Waals surface area contributed by atoms with E-state index in [2.05, 4.69) is 25.2 Å². The van der Waals surface area contributed by atoms with Gasteiger partial charge in [0.25, 0.3) is 0 Å². The minimum absolute atomic E-state index is 0.277. The van der Waals surface area contributed by atoms with Crippen molar-refractivity contribution in [3.8, 4) is 6.07 Å². The lowest BCUT2D eigenvalue weighted by atomic mass is 9.75. The smallest absolute Gasteiger partial charge is 0.123 e. The summed E-state index contributed by atoms with van der Waals surface area (Å²) in [5.41, 5.74) is 1.77. The van der Waals surface area contributed by atoms with Crippen LogP contribution in [-0.2, 0) is 6.54 Å². The Labute approximate surface area is 114 Å². The molecule has 0 bridgehead atoms. The van der Waals surface area contributed by atoms with E-state index >= 15 is 0 Å². The monoisotopic (exact) mass is 260 g/mol. The fourth-order valence-electron chi connectivity index (χ4n) is 2.68. The zero-order chi connectivity index (χ0) is 13.9. The molecule has 2 nitrogen and oxygen atoms in total. The predicted octanol–water partition coefficient (Wildman–Crippen LogP) is 3.76. The van der Waals surface area contributed by atoms with Crippen LogP contribution >= 0.6 is 0 Å². The van der Waals surface area contributed by atoms with Gasteiger partial charge in [-0.25, -0.2) is 4.39 Å². The van der Waals surface area contributed by atoms with Gasteiger partial charge in [0.15, 0.2) is 0 Å². The molecule has 0 saturated heterocycles. The van der Waals surface area contributed by atoms with Crippen molar-refractivity contribution in [1.82, 2.24) is 5.32 Å². The summed E-state index contributed by atoms with van der Waals surface area (Å²) < 4.78 is 13.2. The van der Waals surface area contributed by atoms with Crippen molar-refractivity contribution < 1.29 is 4.39 Å². The molecule has 2 rings (SSSR count). The highest BCUT2D eigenvalue weighted by atomic mass is 19.1. The first-order valence-corrected chi connectivity index (χ1v) is 6.92. The van der Waals surface area contributed by atoms with E-state index in [0.29, 0.717) is 23.6 Å². The Morgan fingerprint density at radius 2 is 2.05 bits per heavy atom. The fraction of sp³-hybridized carbons (Fsp3) is 0.562. The molecule has 19 heavy (non-hydrogen) atoms. The summed E-state index contributed by atoms with van der Waals surface area (Å²) in [5.74, 6) is -0.277. The van der Waals surface area contributed by atoms with Gasteiger partial charge in [0.2, 0.25) is 0 Å². The predicted molar refractivity (Wildman–Crippen MR) is 74.0 cm³/mol. The van der Waals surface area contributed by atoms with Gasteiger partial charge >= 0.3 is 0 Å². The van der Waals surface area contributed by atoms with Crippen molar-refractivity contribution in [2.45, 2.75) is 52.1 Å². The molecule has 102 valence electrons. The maximum Gasteiger partial charge on any atom is 0.123 e. The molecule has 1 N–H and O–H groups in total. The molecular formula is C16H21FN2. The minimum atomic E-state index is -0.277. The van der Waals surface area contributed by atoms with Crippen LogP contribution in [0, 0.1) is 22.6 Å². The number of halogens is 1. The zero-order valence-corrected chi connectivity index (χ0v) is 11.7. The van der Waals surface area contributed by atoms with Crippen molar-refractivity contribution in [2.75, 3.05) is 0 Å². The van der Waals surface area contributed by atoms with E-state index in [0.717, 1.165) is 18.4 Å². The molecule has 3 heteroatoms. The highest BCUT2D eigenvalue weighted by molar-refractivity contribution is 5.37. The molecule has 1 aliphatic rings. The molecule has 0 aliphatic heterocycles. The van der Waals surface area contributed by atoms with Crippen LogP contribution in [0.3, 0.4) is 0 Å². The van der Waals surface area contributed by atoms with Crippen LogP contribution in [0.15, 0.2) is 18.2 Å². The largest absolute Gasteiger partial charge is 0.310 e. The molecule has 0 heterocycles. The topological polar surface area (TPSA) is 35.8 Å². The molecule has 0 amide bonds. The molecule has 0 unspecified atom stereocenters. The maximum absolute atomic E-state index is 13.2. The van der Waals surface area contributed by atoms with E-state index < -0.39 is 0 Å². The van der Waals surface area contributed by atoms with Crippen molar-refractivity contribution in [2.24, 2.45) is 5.41 Å². The molecule has 1 aliphatic carbocycles. The molecule has 0 spiro atoms. The van der Waals surface area contributed by atoms with Gasteiger partial charge in [-0.1, -0.05) is 13.8 Å². The van der Waals surface area contributed by atoms with Crippen molar-refractivity contribution >= 4 is 0 Å². The van der Waals surface area contributed by atoms with Gasteiger partial charge in [-0.15, -0.1) is 0 Å². The van der Waals surface area contributed by atoms with Crippen LogP contribution in [0.2, 0.25) is 0 Å². The summed E-state index contributed by atoms with van der Waals surface area (Å²) in [4.78, 5) is 0. The summed E-state index contributed by atoms with van der Waals surface area (Å²) >= 11 is 0. The number of nitrogens with one attached hydrogen (secondary N) is 1. The third-order valence-electron chi connectivity index (χ3n) is 4.11. The number of nitrogens with zero attached hydrogens (tertiary/aromatic N) is 1. The van der Waals surface area contributed by atoms with Crippen molar-refractivity contribution in [3.05, 3.63) is 35.1 Å². The third kappa shape index (κ3) is 3.78. The molecule has 0 radical (unpaired) electrons. The quantitative estimate of drug-likeness (QED) is 0.898. The van der Waals surface area contributed by atoms with Crippen molar-refractivity contribution in [1.29, 1.82) is 5.26 Å². The van der Waals surface area contributed by atoms with Gasteiger partial charge in [0.1, 0.15) is 5.82 Å². The standard InChI is InChI=1S/C16H21FN2/c1-16(2)7-5-15(6-8-16)19-11-13-9-14(17)4-3-12(13)10-18/h3-4,9,15,19H,5-8,11H2,1-2H3. The Hall–Kier alpha value is -1.40. The van der Waals surface area contributed by atoms with Gasteiger partial charge in [-0.2, -0.15) is 5.26 Å². The van der Waals surface area contributed by atoms with Crippen molar-refractivity contribution in [3.63, 3.8) is 0 Å². The molecular weight excluding hydrogens is 239 g/mol. The Bertz CT molecular complexity index is 478. The SMILES string of the molecule is CC1(C)CCC(NCc2cc(F)ccc2C#N)CC1. The molecule has 1 aromatic carbocycles. The Morgan fingerprint density at radius 3 is 2.68 bits per heavy atom. The van der Waals surface area contributed by atoms with E-state index in [1.165, 1.54) is 25.0 Å². The maximum atomic E-state index is 13.2.